The molecular weight excluding hydrogens is 196 g/mol. The fraction of sp³-hybridized carbons (Fsp3) is 0.571. The third-order valence-corrected chi connectivity index (χ3v) is 3.60. The van der Waals surface area contributed by atoms with Gasteiger partial charge in [0.25, 0.3) is 0 Å². The number of piperidine rings is 1. The van der Waals surface area contributed by atoms with Crippen molar-refractivity contribution in [1.29, 1.82) is 0 Å². The number of benzene rings is 1. The first-order valence-corrected chi connectivity index (χ1v) is 6.32. The second kappa shape index (κ2) is 5.46. The first-order chi connectivity index (χ1) is 7.83. The highest BCUT2D eigenvalue weighted by Gasteiger charge is 2.21. The van der Waals surface area contributed by atoms with Gasteiger partial charge in [0.15, 0.2) is 0 Å². The maximum Gasteiger partial charge on any atom is 0.0473 e. The highest BCUT2D eigenvalue weighted by molar-refractivity contribution is 5.29. The first-order valence-electron chi connectivity index (χ1n) is 6.32. The summed E-state index contributed by atoms with van der Waals surface area (Å²) in [6.45, 7) is 5.32. The van der Waals surface area contributed by atoms with Crippen molar-refractivity contribution < 1.29 is 0 Å². The summed E-state index contributed by atoms with van der Waals surface area (Å²) in [5, 5.41) is 0. The van der Waals surface area contributed by atoms with Crippen LogP contribution in [0.3, 0.4) is 0 Å². The lowest BCUT2D eigenvalue weighted by Gasteiger charge is -2.34. The van der Waals surface area contributed by atoms with E-state index in [-0.39, 0.29) is 0 Å². The van der Waals surface area contributed by atoms with Gasteiger partial charge in [-0.2, -0.15) is 0 Å². The molecular formula is C14H22N2. The molecule has 0 aliphatic carbocycles. The smallest absolute Gasteiger partial charge is 0.0473 e. The third kappa shape index (κ3) is 2.45. The van der Waals surface area contributed by atoms with Crippen molar-refractivity contribution in [3.8, 4) is 0 Å². The summed E-state index contributed by atoms with van der Waals surface area (Å²) in [6, 6.07) is 9.04. The monoisotopic (exact) mass is 218 g/mol. The molecule has 2 rings (SSSR count). The third-order valence-electron chi connectivity index (χ3n) is 3.60. The van der Waals surface area contributed by atoms with E-state index in [0.717, 1.165) is 6.54 Å². The quantitative estimate of drug-likeness (QED) is 0.844. The van der Waals surface area contributed by atoms with Gasteiger partial charge in [-0.3, -0.25) is 4.90 Å². The molecule has 1 aliphatic rings. The number of likely N-dealkylation sites (tertiary alicyclic amines) is 1. The first kappa shape index (κ1) is 11.6. The molecule has 0 spiro atoms. The van der Waals surface area contributed by atoms with E-state index in [1.165, 1.54) is 43.5 Å². The highest BCUT2D eigenvalue weighted by atomic mass is 15.2. The maximum absolute atomic E-state index is 5.96. The largest absolute Gasteiger partial charge is 0.329 e. The Morgan fingerprint density at radius 2 is 1.88 bits per heavy atom. The van der Waals surface area contributed by atoms with Crippen LogP contribution in [0.25, 0.3) is 0 Å². The average Bonchev–Trinajstić information content (AvgIpc) is 2.34. The highest BCUT2D eigenvalue weighted by Crippen LogP contribution is 2.25. The minimum atomic E-state index is 0.418. The molecule has 1 aliphatic heterocycles. The van der Waals surface area contributed by atoms with Gasteiger partial charge in [0.05, 0.1) is 0 Å². The molecule has 0 saturated carbocycles. The van der Waals surface area contributed by atoms with Crippen LogP contribution in [0.5, 0.6) is 0 Å². The molecule has 1 atom stereocenters. The fourth-order valence-electron chi connectivity index (χ4n) is 2.66. The van der Waals surface area contributed by atoms with Crippen LogP contribution in [0.2, 0.25) is 0 Å². The predicted molar refractivity (Wildman–Crippen MR) is 68.4 cm³/mol. The summed E-state index contributed by atoms with van der Waals surface area (Å²) in [4.78, 5) is 2.55. The molecule has 2 N–H and O–H groups in total. The van der Waals surface area contributed by atoms with E-state index in [1.807, 2.05) is 0 Å². The summed E-state index contributed by atoms with van der Waals surface area (Å²) in [7, 11) is 0. The summed E-state index contributed by atoms with van der Waals surface area (Å²) >= 11 is 0. The van der Waals surface area contributed by atoms with Crippen LogP contribution < -0.4 is 5.73 Å². The molecule has 88 valence electrons. The van der Waals surface area contributed by atoms with Crippen LogP contribution >= 0.6 is 0 Å². The minimum Gasteiger partial charge on any atom is -0.329 e. The van der Waals surface area contributed by atoms with Crippen LogP contribution in [-0.2, 0) is 0 Å². The molecule has 2 nitrogen and oxygen atoms in total. The van der Waals surface area contributed by atoms with Crippen molar-refractivity contribution in [3.05, 3.63) is 35.4 Å². The van der Waals surface area contributed by atoms with Gasteiger partial charge in [-0.05, 0) is 44.0 Å². The molecule has 0 unspecified atom stereocenters. The van der Waals surface area contributed by atoms with Crippen LogP contribution in [0.15, 0.2) is 24.3 Å². The van der Waals surface area contributed by atoms with E-state index >= 15 is 0 Å². The Balaban J connectivity index is 2.18. The van der Waals surface area contributed by atoms with Gasteiger partial charge in [-0.1, -0.05) is 30.7 Å². The second-order valence-electron chi connectivity index (χ2n) is 4.70. The zero-order valence-electron chi connectivity index (χ0n) is 10.2. The van der Waals surface area contributed by atoms with E-state index in [1.54, 1.807) is 0 Å². The van der Waals surface area contributed by atoms with Gasteiger partial charge in [-0.15, -0.1) is 0 Å². The molecule has 1 aromatic rings. The van der Waals surface area contributed by atoms with Crippen LogP contribution in [-0.4, -0.2) is 24.5 Å². The maximum atomic E-state index is 5.96. The number of hydrogen-bond donors (Lipinski definition) is 1. The summed E-state index contributed by atoms with van der Waals surface area (Å²) in [5.74, 6) is 0. The van der Waals surface area contributed by atoms with Crippen molar-refractivity contribution >= 4 is 0 Å². The Morgan fingerprint density at radius 1 is 1.19 bits per heavy atom. The Kier molecular flexibility index (Phi) is 3.97. The molecule has 0 radical (unpaired) electrons. The number of nitrogens with zero attached hydrogens (tertiary/aromatic N) is 1. The molecule has 0 amide bonds. The lowest BCUT2D eigenvalue weighted by Crippen LogP contribution is -2.37. The summed E-state index contributed by atoms with van der Waals surface area (Å²) in [5.41, 5.74) is 8.74. The molecule has 0 aromatic heterocycles. The standard InChI is InChI=1S/C14H22N2/c1-12-7-3-4-8-13(12)14(11-15)16-9-5-2-6-10-16/h3-4,7-8,14H,2,5-6,9-11,15H2,1H3/t14-/m0/s1. The van der Waals surface area contributed by atoms with E-state index < -0.39 is 0 Å². The van der Waals surface area contributed by atoms with Gasteiger partial charge in [0.1, 0.15) is 0 Å². The summed E-state index contributed by atoms with van der Waals surface area (Å²) < 4.78 is 0. The van der Waals surface area contributed by atoms with Crippen LogP contribution in [0.1, 0.15) is 36.4 Å². The van der Waals surface area contributed by atoms with Crippen molar-refractivity contribution in [2.45, 2.75) is 32.2 Å². The zero-order chi connectivity index (χ0) is 11.4. The normalized spacial score (nSPS) is 19.6. The van der Waals surface area contributed by atoms with E-state index in [0.29, 0.717) is 6.04 Å². The Hall–Kier alpha value is -0.860. The number of rotatable bonds is 3. The van der Waals surface area contributed by atoms with E-state index in [9.17, 15) is 0 Å². The molecule has 1 fully saturated rings. The Labute approximate surface area is 98.4 Å². The molecule has 0 bridgehead atoms. The van der Waals surface area contributed by atoms with Gasteiger partial charge in [0, 0.05) is 12.6 Å². The predicted octanol–water partition coefficient (Wildman–Crippen LogP) is 2.48. The number of nitrogens with two attached hydrogens (primary N) is 1. The van der Waals surface area contributed by atoms with Gasteiger partial charge in [-0.25, -0.2) is 0 Å². The van der Waals surface area contributed by atoms with Crippen molar-refractivity contribution in [2.75, 3.05) is 19.6 Å². The zero-order valence-corrected chi connectivity index (χ0v) is 10.2. The number of hydrogen-bond acceptors (Lipinski definition) is 2. The SMILES string of the molecule is Cc1ccccc1[C@H](CN)N1CCCCC1. The molecule has 1 saturated heterocycles. The fourth-order valence-corrected chi connectivity index (χ4v) is 2.66. The minimum absolute atomic E-state index is 0.418. The Bertz CT molecular complexity index is 329. The molecule has 16 heavy (non-hydrogen) atoms. The van der Waals surface area contributed by atoms with Gasteiger partial charge < -0.3 is 5.73 Å². The summed E-state index contributed by atoms with van der Waals surface area (Å²) in [6.07, 6.45) is 4.02. The average molecular weight is 218 g/mol. The van der Waals surface area contributed by atoms with Gasteiger partial charge in [0.2, 0.25) is 0 Å². The Morgan fingerprint density at radius 3 is 2.50 bits per heavy atom. The molecule has 1 heterocycles. The molecule has 2 heteroatoms. The lowest BCUT2D eigenvalue weighted by molar-refractivity contribution is 0.167. The second-order valence-corrected chi connectivity index (χ2v) is 4.70. The van der Waals surface area contributed by atoms with Crippen molar-refractivity contribution in [2.24, 2.45) is 5.73 Å². The lowest BCUT2D eigenvalue weighted by atomic mass is 9.98. The van der Waals surface area contributed by atoms with Crippen molar-refractivity contribution in [1.82, 2.24) is 4.90 Å². The number of aryl methyl sites for hydroxylation is 1. The molecule has 1 aromatic carbocycles. The van der Waals surface area contributed by atoms with E-state index in [2.05, 4.69) is 36.1 Å². The van der Waals surface area contributed by atoms with Crippen LogP contribution in [0, 0.1) is 6.92 Å². The van der Waals surface area contributed by atoms with Crippen LogP contribution in [0.4, 0.5) is 0 Å². The topological polar surface area (TPSA) is 29.3 Å². The van der Waals surface area contributed by atoms with E-state index in [4.69, 9.17) is 5.73 Å². The van der Waals surface area contributed by atoms with Crippen molar-refractivity contribution in [3.63, 3.8) is 0 Å². The van der Waals surface area contributed by atoms with Gasteiger partial charge >= 0.3 is 0 Å².